The Morgan fingerprint density at radius 1 is 1.29 bits per heavy atom. The molecule has 21 heavy (non-hydrogen) atoms. The van der Waals surface area contributed by atoms with Gasteiger partial charge in [-0.3, -0.25) is 4.79 Å². The second-order valence-corrected chi connectivity index (χ2v) is 5.32. The van der Waals surface area contributed by atoms with Crippen LogP contribution in [0.2, 0.25) is 0 Å². The number of carbonyl (C=O) groups is 2. The first-order chi connectivity index (χ1) is 10.1. The lowest BCUT2D eigenvalue weighted by atomic mass is 10.2. The molecule has 0 bridgehead atoms. The van der Waals surface area contributed by atoms with Crippen LogP contribution in [0.4, 0.5) is 4.79 Å². The van der Waals surface area contributed by atoms with Gasteiger partial charge < -0.3 is 14.5 Å². The molecule has 0 aliphatic carbocycles. The van der Waals surface area contributed by atoms with Crippen LogP contribution in [-0.4, -0.2) is 53.4 Å². The molecule has 2 rings (SSSR count). The van der Waals surface area contributed by atoms with E-state index in [1.807, 2.05) is 37.3 Å². The zero-order valence-corrected chi connectivity index (χ0v) is 12.8. The van der Waals surface area contributed by atoms with Crippen molar-refractivity contribution in [3.8, 4) is 0 Å². The molecular formula is C15H19ClN2O3. The van der Waals surface area contributed by atoms with Gasteiger partial charge in [0.2, 0.25) is 5.91 Å². The number of piperazine rings is 1. The van der Waals surface area contributed by atoms with E-state index >= 15 is 0 Å². The predicted octanol–water partition coefficient (Wildman–Crippen LogP) is 2.09. The number of ether oxygens (including phenoxy) is 1. The van der Waals surface area contributed by atoms with Crippen molar-refractivity contribution in [3.05, 3.63) is 35.9 Å². The Hall–Kier alpha value is -1.75. The van der Waals surface area contributed by atoms with E-state index in [4.69, 9.17) is 16.3 Å². The van der Waals surface area contributed by atoms with Crippen LogP contribution in [0.1, 0.15) is 12.5 Å². The van der Waals surface area contributed by atoms with Gasteiger partial charge in [0.1, 0.15) is 12.5 Å². The number of carbonyl (C=O) groups excluding carboxylic acids is 2. The maximum atomic E-state index is 12.0. The predicted molar refractivity (Wildman–Crippen MR) is 80.1 cm³/mol. The summed E-state index contributed by atoms with van der Waals surface area (Å²) in [5, 5.41) is 0. The Morgan fingerprint density at radius 3 is 2.62 bits per heavy atom. The molecule has 1 saturated heterocycles. The van der Waals surface area contributed by atoms with Crippen molar-refractivity contribution >= 4 is 23.6 Å². The minimum atomic E-state index is -0.344. The molecule has 2 amide bonds. The van der Waals surface area contributed by atoms with E-state index < -0.39 is 0 Å². The van der Waals surface area contributed by atoms with Crippen molar-refractivity contribution < 1.29 is 14.3 Å². The third-order valence-corrected chi connectivity index (χ3v) is 3.75. The Kier molecular flexibility index (Phi) is 5.44. The first kappa shape index (κ1) is 15.6. The van der Waals surface area contributed by atoms with Crippen molar-refractivity contribution in [2.24, 2.45) is 0 Å². The molecule has 0 unspecified atom stereocenters. The molecule has 5 nitrogen and oxygen atoms in total. The van der Waals surface area contributed by atoms with E-state index in [1.165, 1.54) is 0 Å². The average Bonchev–Trinajstić information content (AvgIpc) is 2.52. The molecule has 1 aliphatic rings. The number of benzene rings is 1. The zero-order chi connectivity index (χ0) is 15.2. The van der Waals surface area contributed by atoms with Crippen LogP contribution in [0.25, 0.3) is 0 Å². The van der Waals surface area contributed by atoms with E-state index in [0.717, 1.165) is 5.56 Å². The van der Waals surface area contributed by atoms with Gasteiger partial charge in [-0.05, 0) is 12.5 Å². The summed E-state index contributed by atoms with van der Waals surface area (Å²) in [5.74, 6) is -0.121. The Bertz CT molecular complexity index is 495. The van der Waals surface area contributed by atoms with E-state index in [-0.39, 0.29) is 30.5 Å². The average molecular weight is 311 g/mol. The first-order valence-corrected chi connectivity index (χ1v) is 7.46. The molecule has 1 fully saturated rings. The number of halogens is 1. The molecule has 1 aromatic rings. The van der Waals surface area contributed by atoms with Gasteiger partial charge in [0.25, 0.3) is 0 Å². The second-order valence-electron chi connectivity index (χ2n) is 5.06. The lowest BCUT2D eigenvalue weighted by molar-refractivity contribution is -0.132. The third-order valence-electron chi connectivity index (χ3n) is 3.53. The highest BCUT2D eigenvalue weighted by Gasteiger charge is 2.29. The number of amides is 2. The third kappa shape index (κ3) is 4.11. The molecular weight excluding hydrogens is 292 g/mol. The molecule has 114 valence electrons. The SMILES string of the molecule is C[C@H]1CN(C(=O)OCc2ccccc2)CCN1C(=O)CCl. The van der Waals surface area contributed by atoms with E-state index in [0.29, 0.717) is 19.6 Å². The lowest BCUT2D eigenvalue weighted by Gasteiger charge is -2.39. The fraction of sp³-hybridized carbons (Fsp3) is 0.467. The van der Waals surface area contributed by atoms with Crippen LogP contribution in [0.15, 0.2) is 30.3 Å². The monoisotopic (exact) mass is 310 g/mol. The van der Waals surface area contributed by atoms with Crippen molar-refractivity contribution in [1.82, 2.24) is 9.80 Å². The summed E-state index contributed by atoms with van der Waals surface area (Å²) in [6.45, 7) is 3.60. The largest absolute Gasteiger partial charge is 0.445 e. The van der Waals surface area contributed by atoms with Crippen LogP contribution in [0, 0.1) is 0 Å². The maximum Gasteiger partial charge on any atom is 0.410 e. The van der Waals surface area contributed by atoms with Gasteiger partial charge in [0, 0.05) is 25.7 Å². The lowest BCUT2D eigenvalue weighted by Crippen LogP contribution is -2.55. The maximum absolute atomic E-state index is 12.0. The van der Waals surface area contributed by atoms with E-state index in [9.17, 15) is 9.59 Å². The topological polar surface area (TPSA) is 49.9 Å². The van der Waals surface area contributed by atoms with Gasteiger partial charge in [0.05, 0.1) is 0 Å². The zero-order valence-electron chi connectivity index (χ0n) is 12.0. The van der Waals surface area contributed by atoms with Crippen LogP contribution in [0.5, 0.6) is 0 Å². The quantitative estimate of drug-likeness (QED) is 0.803. The highest BCUT2D eigenvalue weighted by atomic mass is 35.5. The van der Waals surface area contributed by atoms with Gasteiger partial charge >= 0.3 is 6.09 Å². The Labute approximate surface area is 129 Å². The molecule has 1 aliphatic heterocycles. The van der Waals surface area contributed by atoms with Gasteiger partial charge in [-0.15, -0.1) is 11.6 Å². The second kappa shape index (κ2) is 7.31. The van der Waals surface area contributed by atoms with Crippen LogP contribution in [-0.2, 0) is 16.1 Å². The first-order valence-electron chi connectivity index (χ1n) is 6.93. The highest BCUT2D eigenvalue weighted by Crippen LogP contribution is 2.12. The molecule has 1 aromatic carbocycles. The fourth-order valence-electron chi connectivity index (χ4n) is 2.38. The summed E-state index contributed by atoms with van der Waals surface area (Å²) in [6.07, 6.45) is -0.344. The summed E-state index contributed by atoms with van der Waals surface area (Å²) >= 11 is 5.57. The summed E-state index contributed by atoms with van der Waals surface area (Å²) in [6, 6.07) is 9.50. The molecule has 1 heterocycles. The van der Waals surface area contributed by atoms with Crippen LogP contribution >= 0.6 is 11.6 Å². The molecule has 0 aromatic heterocycles. The van der Waals surface area contributed by atoms with E-state index in [2.05, 4.69) is 0 Å². The van der Waals surface area contributed by atoms with Gasteiger partial charge in [-0.2, -0.15) is 0 Å². The number of nitrogens with zero attached hydrogens (tertiary/aromatic N) is 2. The number of hydrogen-bond acceptors (Lipinski definition) is 3. The number of rotatable bonds is 3. The van der Waals surface area contributed by atoms with Gasteiger partial charge in [-0.25, -0.2) is 4.79 Å². The minimum absolute atomic E-state index is 0.0250. The van der Waals surface area contributed by atoms with Crippen LogP contribution in [0.3, 0.4) is 0 Å². The molecule has 0 radical (unpaired) electrons. The van der Waals surface area contributed by atoms with E-state index in [1.54, 1.807) is 9.80 Å². The normalized spacial score (nSPS) is 18.5. The van der Waals surface area contributed by atoms with Crippen molar-refractivity contribution in [2.45, 2.75) is 19.6 Å². The summed E-state index contributed by atoms with van der Waals surface area (Å²) in [4.78, 5) is 27.0. The molecule has 0 spiro atoms. The molecule has 0 N–H and O–H groups in total. The Balaban J connectivity index is 1.83. The molecule has 0 saturated carbocycles. The molecule has 6 heteroatoms. The summed E-state index contributed by atoms with van der Waals surface area (Å²) in [5.41, 5.74) is 0.954. The van der Waals surface area contributed by atoms with Crippen molar-refractivity contribution in [3.63, 3.8) is 0 Å². The van der Waals surface area contributed by atoms with Gasteiger partial charge in [-0.1, -0.05) is 30.3 Å². The van der Waals surface area contributed by atoms with Crippen molar-refractivity contribution in [1.29, 1.82) is 0 Å². The molecule has 1 atom stereocenters. The van der Waals surface area contributed by atoms with Crippen LogP contribution < -0.4 is 0 Å². The minimum Gasteiger partial charge on any atom is -0.445 e. The summed E-state index contributed by atoms with van der Waals surface area (Å²) < 4.78 is 5.30. The number of alkyl halides is 1. The highest BCUT2D eigenvalue weighted by molar-refractivity contribution is 6.27. The smallest absolute Gasteiger partial charge is 0.410 e. The summed E-state index contributed by atoms with van der Waals surface area (Å²) in [7, 11) is 0. The van der Waals surface area contributed by atoms with Gasteiger partial charge in [0.15, 0.2) is 0 Å². The Morgan fingerprint density at radius 2 is 2.00 bits per heavy atom. The van der Waals surface area contributed by atoms with Crippen molar-refractivity contribution in [2.75, 3.05) is 25.5 Å². The standard InChI is InChI=1S/C15H19ClN2O3/c1-12-10-17(7-8-18(12)14(19)9-16)15(20)21-11-13-5-3-2-4-6-13/h2-6,12H,7-11H2,1H3/t12-/m0/s1. The fourth-order valence-corrected chi connectivity index (χ4v) is 2.53. The number of hydrogen-bond donors (Lipinski definition) is 0.